The lowest BCUT2D eigenvalue weighted by Gasteiger charge is -2.71. The van der Waals surface area contributed by atoms with E-state index >= 15 is 0 Å². The van der Waals surface area contributed by atoms with Crippen molar-refractivity contribution in [1.82, 2.24) is 10.2 Å². The van der Waals surface area contributed by atoms with E-state index < -0.39 is 11.6 Å². The average Bonchev–Trinajstić information content (AvgIpc) is 3.62. The van der Waals surface area contributed by atoms with E-state index in [0.29, 0.717) is 12.2 Å². The molecule has 190 valence electrons. The van der Waals surface area contributed by atoms with Gasteiger partial charge in [-0.3, -0.25) is 9.69 Å². The zero-order chi connectivity index (χ0) is 24.9. The zero-order valence-corrected chi connectivity index (χ0v) is 20.7. The number of piperidine rings is 1. The summed E-state index contributed by atoms with van der Waals surface area (Å²) in [6.07, 6.45) is 11.5. The third-order valence-electron chi connectivity index (χ3n) is 9.99. The number of fused-ring (bicyclic) bond motifs is 1. The average molecular weight is 493 g/mol. The number of ether oxygens (including phenoxy) is 3. The number of benzene rings is 1. The molecule has 8 nitrogen and oxygen atoms in total. The predicted molar refractivity (Wildman–Crippen MR) is 130 cm³/mol. The maximum atomic E-state index is 12.9. The summed E-state index contributed by atoms with van der Waals surface area (Å²) >= 11 is 0. The minimum Gasteiger partial charge on any atom is -0.504 e. The smallest absolute Gasteiger partial charge is 0.330 e. The summed E-state index contributed by atoms with van der Waals surface area (Å²) in [5.74, 6) is 0.570. The molecule has 4 bridgehead atoms. The summed E-state index contributed by atoms with van der Waals surface area (Å²) in [7, 11) is 2.94. The van der Waals surface area contributed by atoms with Crippen LogP contribution >= 0.6 is 0 Å². The largest absolute Gasteiger partial charge is 0.504 e. The standard InChI is InChI=1S/C28H32N2O6/c1-34-22(33)8-7-21(32)29-19-14-26-9-10-28(19,35-2)25-27(26)11-12-30(15-16-3-4-16)20(26)13-17-5-6-18(31)24(36-25)23(17)27/h5-10,16,19-20,25,31H,3-4,11-15H2,1-2H3,(H,29,32)/b8-7+/t19-,20+,25+,26-,27-,28?/m0/s1. The van der Waals surface area contributed by atoms with E-state index in [-0.39, 0.29) is 40.7 Å². The third-order valence-corrected chi connectivity index (χ3v) is 9.99. The van der Waals surface area contributed by atoms with Crippen LogP contribution in [0.3, 0.4) is 0 Å². The Hall–Kier alpha value is -2.84. The molecule has 0 radical (unpaired) electrons. The molecule has 8 heteroatoms. The molecule has 1 amide bonds. The molecule has 2 N–H and O–H groups in total. The predicted octanol–water partition coefficient (Wildman–Crippen LogP) is 1.99. The number of carbonyl (C=O) groups excluding carboxylic acids is 2. The summed E-state index contributed by atoms with van der Waals surface area (Å²) in [5, 5.41) is 14.0. The quantitative estimate of drug-likeness (QED) is 0.356. The molecule has 1 unspecified atom stereocenters. The van der Waals surface area contributed by atoms with Gasteiger partial charge in [0.1, 0.15) is 11.7 Å². The van der Waals surface area contributed by atoms with E-state index in [0.717, 1.165) is 43.5 Å². The van der Waals surface area contributed by atoms with Crippen LogP contribution in [-0.4, -0.2) is 73.0 Å². The number of amides is 1. The van der Waals surface area contributed by atoms with Gasteiger partial charge >= 0.3 is 5.97 Å². The molecule has 36 heavy (non-hydrogen) atoms. The van der Waals surface area contributed by atoms with E-state index in [4.69, 9.17) is 9.47 Å². The Morgan fingerprint density at radius 2 is 2.08 bits per heavy atom. The maximum Gasteiger partial charge on any atom is 0.330 e. The fourth-order valence-electron chi connectivity index (χ4n) is 8.37. The molecule has 3 fully saturated rings. The second-order valence-electron chi connectivity index (χ2n) is 11.4. The summed E-state index contributed by atoms with van der Waals surface area (Å²) < 4.78 is 17.6. The lowest BCUT2D eigenvalue weighted by atomic mass is 9.38. The normalized spacial score (nSPS) is 39.1. The monoisotopic (exact) mass is 492 g/mol. The van der Waals surface area contributed by atoms with Crippen molar-refractivity contribution in [3.05, 3.63) is 47.6 Å². The first-order chi connectivity index (χ1) is 17.4. The molecule has 0 aromatic heterocycles. The van der Waals surface area contributed by atoms with Crippen molar-refractivity contribution in [3.8, 4) is 11.5 Å². The van der Waals surface area contributed by atoms with E-state index in [1.54, 1.807) is 13.2 Å². The van der Waals surface area contributed by atoms with E-state index in [9.17, 15) is 14.7 Å². The molecule has 8 rings (SSSR count). The van der Waals surface area contributed by atoms with Crippen molar-refractivity contribution in [3.63, 3.8) is 0 Å². The summed E-state index contributed by atoms with van der Waals surface area (Å²) in [4.78, 5) is 27.2. The number of nitrogens with one attached hydrogen (secondary N) is 1. The third kappa shape index (κ3) is 2.61. The number of aromatic hydroxyl groups is 1. The first kappa shape index (κ1) is 22.4. The number of phenolic OH excluding ortho intramolecular Hbond substituents is 1. The Morgan fingerprint density at radius 1 is 1.25 bits per heavy atom. The second-order valence-corrected chi connectivity index (χ2v) is 11.4. The van der Waals surface area contributed by atoms with Crippen LogP contribution in [0.5, 0.6) is 11.5 Å². The molecule has 1 aromatic carbocycles. The number of carbonyl (C=O) groups is 2. The minimum atomic E-state index is -0.903. The van der Waals surface area contributed by atoms with E-state index in [2.05, 4.69) is 33.2 Å². The van der Waals surface area contributed by atoms with Crippen molar-refractivity contribution in [2.45, 2.75) is 61.3 Å². The van der Waals surface area contributed by atoms with Crippen molar-refractivity contribution >= 4 is 11.9 Å². The Bertz CT molecular complexity index is 1220. The van der Waals surface area contributed by atoms with Crippen LogP contribution in [0, 0.1) is 11.3 Å². The second kappa shape index (κ2) is 7.35. The number of phenols is 1. The van der Waals surface area contributed by atoms with Crippen LogP contribution < -0.4 is 10.1 Å². The molecule has 2 spiro atoms. The first-order valence-electron chi connectivity index (χ1n) is 13.0. The van der Waals surface area contributed by atoms with Gasteiger partial charge in [-0.1, -0.05) is 18.2 Å². The Morgan fingerprint density at radius 3 is 2.83 bits per heavy atom. The topological polar surface area (TPSA) is 97.3 Å². The molecule has 1 saturated heterocycles. The number of esters is 1. The van der Waals surface area contributed by atoms with Gasteiger partial charge in [-0.25, -0.2) is 4.79 Å². The molecule has 2 heterocycles. The van der Waals surface area contributed by atoms with Crippen LogP contribution in [0.4, 0.5) is 0 Å². The molecule has 1 aromatic rings. The SMILES string of the molecule is COC(=O)/C=C/C(=O)N[C@H]1C[C@]23C=CC1(OC)[C@@H]1Oc4c(O)ccc5c4[C@@]12CCN(CC1CC1)[C@@H]3C5. The summed E-state index contributed by atoms with van der Waals surface area (Å²) in [6.45, 7) is 2.10. The van der Waals surface area contributed by atoms with Crippen molar-refractivity contribution < 1.29 is 28.9 Å². The zero-order valence-electron chi connectivity index (χ0n) is 20.7. The van der Waals surface area contributed by atoms with Gasteiger partial charge in [0.25, 0.3) is 0 Å². The van der Waals surface area contributed by atoms with Gasteiger partial charge in [0.2, 0.25) is 5.91 Å². The summed E-state index contributed by atoms with van der Waals surface area (Å²) in [6, 6.07) is 3.75. The summed E-state index contributed by atoms with van der Waals surface area (Å²) in [5.41, 5.74) is 0.917. The molecule has 6 atom stereocenters. The van der Waals surface area contributed by atoms with Crippen LogP contribution in [0.2, 0.25) is 0 Å². The Labute approximate surface area is 210 Å². The van der Waals surface area contributed by atoms with Crippen LogP contribution in [0.15, 0.2) is 36.4 Å². The number of hydrogen-bond acceptors (Lipinski definition) is 7. The van der Waals surface area contributed by atoms with Gasteiger partial charge in [0.15, 0.2) is 11.5 Å². The van der Waals surface area contributed by atoms with Gasteiger partial charge in [0.05, 0.1) is 18.6 Å². The Balaban J connectivity index is 1.36. The fourth-order valence-corrected chi connectivity index (χ4v) is 8.37. The number of nitrogens with zero attached hydrogens (tertiary/aromatic N) is 1. The highest BCUT2D eigenvalue weighted by molar-refractivity contribution is 5.94. The highest BCUT2D eigenvalue weighted by Gasteiger charge is 2.79. The number of methoxy groups -OCH3 is 2. The van der Waals surface area contributed by atoms with Crippen molar-refractivity contribution in [1.29, 1.82) is 0 Å². The maximum absolute atomic E-state index is 12.9. The van der Waals surface area contributed by atoms with E-state index in [1.165, 1.54) is 31.6 Å². The molecule has 2 aliphatic heterocycles. The van der Waals surface area contributed by atoms with Crippen molar-refractivity contribution in [2.24, 2.45) is 11.3 Å². The highest BCUT2D eigenvalue weighted by atomic mass is 16.6. The first-order valence-corrected chi connectivity index (χ1v) is 13.0. The van der Waals surface area contributed by atoms with Gasteiger partial charge in [-0.05, 0) is 56.2 Å². The lowest BCUT2D eigenvalue weighted by Crippen LogP contribution is -2.82. The van der Waals surface area contributed by atoms with Crippen molar-refractivity contribution in [2.75, 3.05) is 27.3 Å². The van der Waals surface area contributed by atoms with Gasteiger partial charge in [0, 0.05) is 42.8 Å². The molecule has 5 aliphatic carbocycles. The minimum absolute atomic E-state index is 0.166. The molecular weight excluding hydrogens is 460 g/mol. The molecule has 2 saturated carbocycles. The van der Waals surface area contributed by atoms with Gasteiger partial charge < -0.3 is 24.6 Å². The fraction of sp³-hybridized carbons (Fsp3) is 0.571. The lowest BCUT2D eigenvalue weighted by molar-refractivity contribution is -0.203. The van der Waals surface area contributed by atoms with Gasteiger partial charge in [-0.2, -0.15) is 0 Å². The molecule has 7 aliphatic rings. The number of rotatable bonds is 6. The van der Waals surface area contributed by atoms with Crippen LogP contribution in [-0.2, 0) is 30.9 Å². The highest BCUT2D eigenvalue weighted by Crippen LogP contribution is 2.73. The number of hydrogen-bond donors (Lipinski definition) is 2. The molecular formula is C28H32N2O6. The van der Waals surface area contributed by atoms with Crippen LogP contribution in [0.25, 0.3) is 0 Å². The van der Waals surface area contributed by atoms with Gasteiger partial charge in [-0.15, -0.1) is 0 Å². The number of likely N-dealkylation sites (tertiary alicyclic amines) is 1. The van der Waals surface area contributed by atoms with Crippen LogP contribution in [0.1, 0.15) is 36.8 Å². The van der Waals surface area contributed by atoms with E-state index in [1.807, 2.05) is 0 Å². The Kier molecular flexibility index (Phi) is 4.57.